The summed E-state index contributed by atoms with van der Waals surface area (Å²) in [4.78, 5) is 2.43. The van der Waals surface area contributed by atoms with Crippen molar-refractivity contribution < 1.29 is 0 Å². The van der Waals surface area contributed by atoms with Gasteiger partial charge in [-0.25, -0.2) is 0 Å². The van der Waals surface area contributed by atoms with E-state index in [1.165, 1.54) is 13.0 Å². The van der Waals surface area contributed by atoms with Crippen molar-refractivity contribution in [2.75, 3.05) is 19.6 Å². The summed E-state index contributed by atoms with van der Waals surface area (Å²) in [7, 11) is 0. The molecule has 0 aliphatic heterocycles. The number of hydrogen-bond acceptors (Lipinski definition) is 1. The summed E-state index contributed by atoms with van der Waals surface area (Å²) in [5.41, 5.74) is 0. The van der Waals surface area contributed by atoms with Gasteiger partial charge in [0, 0.05) is 6.54 Å². The van der Waals surface area contributed by atoms with Gasteiger partial charge in [-0.3, -0.25) is 4.90 Å². The van der Waals surface area contributed by atoms with E-state index < -0.39 is 0 Å². The van der Waals surface area contributed by atoms with Gasteiger partial charge in [0.1, 0.15) is 0 Å². The number of allylic oxidation sites excluding steroid dienone is 1. The van der Waals surface area contributed by atoms with E-state index in [2.05, 4.69) is 37.8 Å². The van der Waals surface area contributed by atoms with E-state index in [0.717, 1.165) is 13.1 Å². The Morgan fingerprint density at radius 2 is 2.00 bits per heavy atom. The molecule has 0 aromatic rings. The zero-order valence-corrected chi connectivity index (χ0v) is 7.43. The van der Waals surface area contributed by atoms with E-state index in [1.54, 1.807) is 0 Å². The standard InChI is InChI=1S/C9H19N/c1-4-7-9-10(6-3)8-5-2/h4,7H,5-6,8-9H2,1-3H3. The normalized spacial score (nSPS) is 11.6. The molecule has 0 radical (unpaired) electrons. The van der Waals surface area contributed by atoms with Crippen molar-refractivity contribution in [1.29, 1.82) is 0 Å². The third kappa shape index (κ3) is 4.57. The topological polar surface area (TPSA) is 3.24 Å². The SMILES string of the molecule is CC=CCN(CC)CCC. The Morgan fingerprint density at radius 1 is 1.30 bits per heavy atom. The van der Waals surface area contributed by atoms with Crippen LogP contribution in [-0.4, -0.2) is 24.5 Å². The molecule has 0 saturated heterocycles. The summed E-state index contributed by atoms with van der Waals surface area (Å²) in [6.45, 7) is 10.00. The van der Waals surface area contributed by atoms with Gasteiger partial charge in [0.15, 0.2) is 0 Å². The lowest BCUT2D eigenvalue weighted by Gasteiger charge is -2.16. The van der Waals surface area contributed by atoms with E-state index >= 15 is 0 Å². The summed E-state index contributed by atoms with van der Waals surface area (Å²) >= 11 is 0. The molecule has 0 aromatic carbocycles. The molecule has 0 N–H and O–H groups in total. The van der Waals surface area contributed by atoms with Gasteiger partial charge in [-0.05, 0) is 26.4 Å². The maximum absolute atomic E-state index is 2.43. The first-order valence-corrected chi connectivity index (χ1v) is 4.18. The van der Waals surface area contributed by atoms with Crippen molar-refractivity contribution >= 4 is 0 Å². The predicted molar refractivity (Wildman–Crippen MR) is 47.2 cm³/mol. The summed E-state index contributed by atoms with van der Waals surface area (Å²) < 4.78 is 0. The van der Waals surface area contributed by atoms with Gasteiger partial charge in [0.2, 0.25) is 0 Å². The molecule has 0 aromatic heterocycles. The molecule has 0 rings (SSSR count). The molecule has 1 heteroatoms. The lowest BCUT2D eigenvalue weighted by Crippen LogP contribution is -2.23. The highest BCUT2D eigenvalue weighted by molar-refractivity contribution is 4.80. The van der Waals surface area contributed by atoms with Crippen LogP contribution in [0, 0.1) is 0 Å². The summed E-state index contributed by atoms with van der Waals surface area (Å²) in [6, 6.07) is 0. The Morgan fingerprint density at radius 3 is 2.40 bits per heavy atom. The lowest BCUT2D eigenvalue weighted by atomic mass is 10.4. The number of rotatable bonds is 5. The Hall–Kier alpha value is -0.300. The predicted octanol–water partition coefficient (Wildman–Crippen LogP) is 2.29. The summed E-state index contributed by atoms with van der Waals surface area (Å²) in [5.74, 6) is 0. The molecule has 0 saturated carbocycles. The van der Waals surface area contributed by atoms with Gasteiger partial charge >= 0.3 is 0 Å². The third-order valence-corrected chi connectivity index (χ3v) is 1.59. The molecule has 0 aliphatic rings. The molecule has 60 valence electrons. The van der Waals surface area contributed by atoms with Crippen molar-refractivity contribution in [1.82, 2.24) is 4.90 Å². The minimum absolute atomic E-state index is 1.11. The maximum Gasteiger partial charge on any atom is 0.0162 e. The molecule has 0 fully saturated rings. The van der Waals surface area contributed by atoms with E-state index in [4.69, 9.17) is 0 Å². The van der Waals surface area contributed by atoms with Crippen molar-refractivity contribution in [2.45, 2.75) is 27.2 Å². The third-order valence-electron chi connectivity index (χ3n) is 1.59. The fourth-order valence-electron chi connectivity index (χ4n) is 0.949. The average molecular weight is 141 g/mol. The van der Waals surface area contributed by atoms with Crippen LogP contribution in [0.2, 0.25) is 0 Å². The first kappa shape index (κ1) is 9.70. The summed E-state index contributed by atoms with van der Waals surface area (Å²) in [5, 5.41) is 0. The minimum Gasteiger partial charge on any atom is -0.300 e. The van der Waals surface area contributed by atoms with E-state index in [0.29, 0.717) is 0 Å². The zero-order valence-electron chi connectivity index (χ0n) is 7.43. The Bertz CT molecular complexity index is 86.7. The van der Waals surface area contributed by atoms with E-state index in [1.807, 2.05) is 0 Å². The largest absolute Gasteiger partial charge is 0.300 e. The molecule has 0 aliphatic carbocycles. The highest BCUT2D eigenvalue weighted by Crippen LogP contribution is 1.90. The number of hydrogen-bond donors (Lipinski definition) is 0. The minimum atomic E-state index is 1.11. The van der Waals surface area contributed by atoms with Gasteiger partial charge in [-0.15, -0.1) is 0 Å². The summed E-state index contributed by atoms with van der Waals surface area (Å²) in [6.07, 6.45) is 5.57. The monoisotopic (exact) mass is 141 g/mol. The van der Waals surface area contributed by atoms with Crippen LogP contribution in [0.25, 0.3) is 0 Å². The van der Waals surface area contributed by atoms with Crippen LogP contribution in [0.4, 0.5) is 0 Å². The lowest BCUT2D eigenvalue weighted by molar-refractivity contribution is 0.319. The van der Waals surface area contributed by atoms with E-state index in [-0.39, 0.29) is 0 Å². The second-order valence-corrected chi connectivity index (χ2v) is 2.46. The second kappa shape index (κ2) is 6.81. The van der Waals surface area contributed by atoms with Crippen LogP contribution in [0.5, 0.6) is 0 Å². The Balaban J connectivity index is 3.39. The highest BCUT2D eigenvalue weighted by atomic mass is 15.1. The first-order valence-electron chi connectivity index (χ1n) is 4.18. The first-order chi connectivity index (χ1) is 4.85. The maximum atomic E-state index is 2.43. The number of likely N-dealkylation sites (N-methyl/N-ethyl adjacent to an activating group) is 1. The molecular weight excluding hydrogens is 122 g/mol. The molecule has 0 heterocycles. The van der Waals surface area contributed by atoms with Gasteiger partial charge < -0.3 is 0 Å². The van der Waals surface area contributed by atoms with Gasteiger partial charge in [-0.1, -0.05) is 26.0 Å². The smallest absolute Gasteiger partial charge is 0.0162 e. The van der Waals surface area contributed by atoms with Crippen LogP contribution in [0.3, 0.4) is 0 Å². The molecule has 0 amide bonds. The van der Waals surface area contributed by atoms with Crippen molar-refractivity contribution in [3.63, 3.8) is 0 Å². The fourth-order valence-corrected chi connectivity index (χ4v) is 0.949. The second-order valence-electron chi connectivity index (χ2n) is 2.46. The van der Waals surface area contributed by atoms with Crippen molar-refractivity contribution in [2.24, 2.45) is 0 Å². The highest BCUT2D eigenvalue weighted by Gasteiger charge is 1.94. The average Bonchev–Trinajstić information content (AvgIpc) is 1.98. The van der Waals surface area contributed by atoms with Crippen LogP contribution in [0.15, 0.2) is 12.2 Å². The molecule has 1 nitrogen and oxygen atoms in total. The van der Waals surface area contributed by atoms with Crippen molar-refractivity contribution in [3.8, 4) is 0 Å². The molecule has 0 spiro atoms. The molecule has 0 unspecified atom stereocenters. The quantitative estimate of drug-likeness (QED) is 0.531. The van der Waals surface area contributed by atoms with Crippen LogP contribution in [0.1, 0.15) is 27.2 Å². The van der Waals surface area contributed by atoms with Crippen LogP contribution in [-0.2, 0) is 0 Å². The Kier molecular flexibility index (Phi) is 6.61. The van der Waals surface area contributed by atoms with E-state index in [9.17, 15) is 0 Å². The molecule has 0 bridgehead atoms. The number of nitrogens with zero attached hydrogens (tertiary/aromatic N) is 1. The fraction of sp³-hybridized carbons (Fsp3) is 0.778. The van der Waals surface area contributed by atoms with Gasteiger partial charge in [0.05, 0.1) is 0 Å². The zero-order chi connectivity index (χ0) is 7.82. The molecular formula is C9H19N. The molecule has 10 heavy (non-hydrogen) atoms. The van der Waals surface area contributed by atoms with Crippen LogP contribution >= 0.6 is 0 Å². The van der Waals surface area contributed by atoms with Crippen LogP contribution < -0.4 is 0 Å². The van der Waals surface area contributed by atoms with Gasteiger partial charge in [0.25, 0.3) is 0 Å². The molecule has 0 atom stereocenters. The Labute approximate surface area is 64.7 Å². The van der Waals surface area contributed by atoms with Gasteiger partial charge in [-0.2, -0.15) is 0 Å². The van der Waals surface area contributed by atoms with Crippen molar-refractivity contribution in [3.05, 3.63) is 12.2 Å².